The monoisotopic (exact) mass is 435 g/mol. The van der Waals surface area contributed by atoms with Crippen molar-refractivity contribution in [2.75, 3.05) is 39.5 Å². The lowest BCUT2D eigenvalue weighted by molar-refractivity contribution is 0.144. The van der Waals surface area contributed by atoms with Crippen molar-refractivity contribution in [3.05, 3.63) is 30.3 Å². The first kappa shape index (κ1) is 22.0. The van der Waals surface area contributed by atoms with Gasteiger partial charge in [0.25, 0.3) is 0 Å². The van der Waals surface area contributed by atoms with Gasteiger partial charge in [0.2, 0.25) is 0 Å². The smallest absolute Gasteiger partial charge is 0.191 e. The zero-order valence-electron chi connectivity index (χ0n) is 14.2. The number of ether oxygens (including phenoxy) is 2. The molecule has 2 N–H and O–H groups in total. The summed E-state index contributed by atoms with van der Waals surface area (Å²) in [6.45, 7) is 8.68. The van der Waals surface area contributed by atoms with Gasteiger partial charge in [0, 0.05) is 26.3 Å². The van der Waals surface area contributed by atoms with Gasteiger partial charge in [-0.1, -0.05) is 18.2 Å². The van der Waals surface area contributed by atoms with E-state index in [1.54, 1.807) is 0 Å². The standard InChI is InChI=1S/C17H29N3O2.HI/c1-3-18-17(19-12-8-9-14-21-4-2)20-13-15-22-16-10-6-5-7-11-16;/h5-7,10-11H,3-4,8-9,12-15H2,1-2H3,(H2,18,19,20);1H. The Morgan fingerprint density at radius 3 is 2.52 bits per heavy atom. The predicted octanol–water partition coefficient (Wildman–Crippen LogP) is 3.06. The van der Waals surface area contributed by atoms with Crippen LogP contribution in [0.1, 0.15) is 26.7 Å². The second kappa shape index (κ2) is 15.9. The Balaban J connectivity index is 0.00000484. The second-order valence-electron chi connectivity index (χ2n) is 4.75. The maximum absolute atomic E-state index is 5.64. The van der Waals surface area contributed by atoms with Crippen LogP contribution in [0.3, 0.4) is 0 Å². The van der Waals surface area contributed by atoms with Crippen LogP contribution >= 0.6 is 24.0 Å². The third-order valence-electron chi connectivity index (χ3n) is 2.92. The molecule has 0 spiro atoms. The molecule has 0 amide bonds. The zero-order valence-corrected chi connectivity index (χ0v) is 16.5. The molecule has 0 bridgehead atoms. The Morgan fingerprint density at radius 1 is 1.04 bits per heavy atom. The lowest BCUT2D eigenvalue weighted by Crippen LogP contribution is -2.39. The maximum atomic E-state index is 5.64. The van der Waals surface area contributed by atoms with E-state index in [4.69, 9.17) is 9.47 Å². The molecule has 1 aromatic carbocycles. The molecule has 0 atom stereocenters. The van der Waals surface area contributed by atoms with E-state index in [2.05, 4.69) is 22.5 Å². The van der Waals surface area contributed by atoms with Crippen molar-refractivity contribution in [3.8, 4) is 5.75 Å². The maximum Gasteiger partial charge on any atom is 0.191 e. The molecule has 0 aliphatic carbocycles. The Bertz CT molecular complexity index is 402. The highest BCUT2D eigenvalue weighted by molar-refractivity contribution is 14.0. The molecule has 1 rings (SSSR count). The van der Waals surface area contributed by atoms with Gasteiger partial charge in [0.1, 0.15) is 12.4 Å². The van der Waals surface area contributed by atoms with E-state index in [0.29, 0.717) is 6.61 Å². The van der Waals surface area contributed by atoms with Crippen LogP contribution in [0.4, 0.5) is 0 Å². The van der Waals surface area contributed by atoms with Crippen molar-refractivity contribution in [2.24, 2.45) is 4.99 Å². The van der Waals surface area contributed by atoms with E-state index in [0.717, 1.165) is 57.4 Å². The molecule has 0 saturated heterocycles. The predicted molar refractivity (Wildman–Crippen MR) is 107 cm³/mol. The van der Waals surface area contributed by atoms with E-state index in [-0.39, 0.29) is 24.0 Å². The van der Waals surface area contributed by atoms with Gasteiger partial charge < -0.3 is 20.1 Å². The van der Waals surface area contributed by atoms with Crippen molar-refractivity contribution >= 4 is 29.9 Å². The molecule has 0 aliphatic heterocycles. The molecule has 23 heavy (non-hydrogen) atoms. The number of nitrogens with one attached hydrogen (secondary N) is 2. The fourth-order valence-corrected chi connectivity index (χ4v) is 1.85. The molecule has 0 unspecified atom stereocenters. The minimum atomic E-state index is 0. The quantitative estimate of drug-likeness (QED) is 0.243. The summed E-state index contributed by atoms with van der Waals surface area (Å²) in [6.07, 6.45) is 2.09. The third kappa shape index (κ3) is 12.1. The van der Waals surface area contributed by atoms with Crippen molar-refractivity contribution in [1.29, 1.82) is 0 Å². The Morgan fingerprint density at radius 2 is 1.83 bits per heavy atom. The van der Waals surface area contributed by atoms with E-state index in [9.17, 15) is 0 Å². The summed E-state index contributed by atoms with van der Waals surface area (Å²) in [5, 5.41) is 6.51. The van der Waals surface area contributed by atoms with Crippen LogP contribution in [0.25, 0.3) is 0 Å². The number of hydrogen-bond donors (Lipinski definition) is 2. The van der Waals surface area contributed by atoms with Gasteiger partial charge in [-0.15, -0.1) is 24.0 Å². The van der Waals surface area contributed by atoms with Crippen LogP contribution in [-0.4, -0.2) is 45.4 Å². The summed E-state index contributed by atoms with van der Waals surface area (Å²) in [6, 6.07) is 9.83. The van der Waals surface area contributed by atoms with Crippen molar-refractivity contribution in [1.82, 2.24) is 10.6 Å². The molecule has 0 radical (unpaired) electrons. The van der Waals surface area contributed by atoms with E-state index < -0.39 is 0 Å². The second-order valence-corrected chi connectivity index (χ2v) is 4.75. The minimum Gasteiger partial charge on any atom is -0.492 e. The third-order valence-corrected chi connectivity index (χ3v) is 2.92. The van der Waals surface area contributed by atoms with Crippen molar-refractivity contribution < 1.29 is 9.47 Å². The van der Waals surface area contributed by atoms with Crippen LogP contribution < -0.4 is 15.4 Å². The molecule has 0 saturated carbocycles. The summed E-state index contributed by atoms with van der Waals surface area (Å²) in [7, 11) is 0. The van der Waals surface area contributed by atoms with Crippen LogP contribution in [0.15, 0.2) is 35.3 Å². The normalized spacial score (nSPS) is 10.8. The number of aliphatic imine (C=N–C) groups is 1. The van der Waals surface area contributed by atoms with Crippen molar-refractivity contribution in [3.63, 3.8) is 0 Å². The van der Waals surface area contributed by atoms with Crippen LogP contribution in [-0.2, 0) is 4.74 Å². The van der Waals surface area contributed by atoms with E-state index in [1.165, 1.54) is 0 Å². The number of unbranched alkanes of at least 4 members (excludes halogenated alkanes) is 1. The zero-order chi connectivity index (χ0) is 15.9. The topological polar surface area (TPSA) is 54.9 Å². The number of halogens is 1. The lowest BCUT2D eigenvalue weighted by Gasteiger charge is -2.12. The largest absolute Gasteiger partial charge is 0.492 e. The van der Waals surface area contributed by atoms with Gasteiger partial charge in [-0.2, -0.15) is 0 Å². The number of nitrogens with zero attached hydrogens (tertiary/aromatic N) is 1. The number of benzene rings is 1. The highest BCUT2D eigenvalue weighted by atomic mass is 127. The number of para-hydroxylation sites is 1. The molecule has 0 fully saturated rings. The van der Waals surface area contributed by atoms with Crippen molar-refractivity contribution in [2.45, 2.75) is 26.7 Å². The Labute approximate surface area is 157 Å². The number of hydrogen-bond acceptors (Lipinski definition) is 3. The highest BCUT2D eigenvalue weighted by Crippen LogP contribution is 2.07. The Hall–Kier alpha value is -1.02. The SMILES string of the molecule is CCNC(=NCCCCOCC)NCCOc1ccccc1.I. The summed E-state index contributed by atoms with van der Waals surface area (Å²) >= 11 is 0. The molecular formula is C17H30IN3O2. The number of rotatable bonds is 11. The summed E-state index contributed by atoms with van der Waals surface area (Å²) in [4.78, 5) is 4.54. The molecule has 132 valence electrons. The Kier molecular flexibility index (Phi) is 15.2. The van der Waals surface area contributed by atoms with Gasteiger partial charge in [-0.25, -0.2) is 0 Å². The number of guanidine groups is 1. The van der Waals surface area contributed by atoms with Gasteiger partial charge in [0.15, 0.2) is 5.96 Å². The lowest BCUT2D eigenvalue weighted by atomic mass is 10.3. The first-order chi connectivity index (χ1) is 10.9. The molecule has 1 aromatic rings. The van der Waals surface area contributed by atoms with Gasteiger partial charge in [0.05, 0.1) is 6.54 Å². The summed E-state index contributed by atoms with van der Waals surface area (Å²) in [5.74, 6) is 1.73. The average Bonchev–Trinajstić information content (AvgIpc) is 2.55. The van der Waals surface area contributed by atoms with E-state index in [1.807, 2.05) is 37.3 Å². The van der Waals surface area contributed by atoms with E-state index >= 15 is 0 Å². The van der Waals surface area contributed by atoms with Gasteiger partial charge in [-0.05, 0) is 38.8 Å². The fraction of sp³-hybridized carbons (Fsp3) is 0.588. The van der Waals surface area contributed by atoms with Crippen LogP contribution in [0, 0.1) is 0 Å². The first-order valence-corrected chi connectivity index (χ1v) is 8.14. The van der Waals surface area contributed by atoms with Crippen LogP contribution in [0.5, 0.6) is 5.75 Å². The highest BCUT2D eigenvalue weighted by Gasteiger charge is 1.97. The minimum absolute atomic E-state index is 0. The summed E-state index contributed by atoms with van der Waals surface area (Å²) in [5.41, 5.74) is 0. The average molecular weight is 435 g/mol. The molecule has 0 heterocycles. The molecule has 6 heteroatoms. The molecule has 5 nitrogen and oxygen atoms in total. The van der Waals surface area contributed by atoms with Crippen LogP contribution in [0.2, 0.25) is 0 Å². The van der Waals surface area contributed by atoms with Gasteiger partial charge >= 0.3 is 0 Å². The van der Waals surface area contributed by atoms with Gasteiger partial charge in [-0.3, -0.25) is 4.99 Å². The first-order valence-electron chi connectivity index (χ1n) is 8.14. The summed E-state index contributed by atoms with van der Waals surface area (Å²) < 4.78 is 11.0. The fourth-order valence-electron chi connectivity index (χ4n) is 1.85. The molecule has 0 aromatic heterocycles. The molecular weight excluding hydrogens is 405 g/mol. The molecule has 0 aliphatic rings.